The predicted molar refractivity (Wildman–Crippen MR) is 134 cm³/mol. The molecule has 0 aliphatic carbocycles. The fraction of sp³-hybridized carbons (Fsp3) is 0.440. The number of thiazole rings is 1. The van der Waals surface area contributed by atoms with Gasteiger partial charge in [-0.25, -0.2) is 9.78 Å². The van der Waals surface area contributed by atoms with Gasteiger partial charge in [0.05, 0.1) is 37.3 Å². The highest BCUT2D eigenvalue weighted by Crippen LogP contribution is 2.40. The summed E-state index contributed by atoms with van der Waals surface area (Å²) in [6.45, 7) is 4.27. The van der Waals surface area contributed by atoms with Crippen molar-refractivity contribution in [2.75, 3.05) is 63.3 Å². The number of morpholine rings is 1. The number of urea groups is 1. The number of aromatic nitrogens is 1. The van der Waals surface area contributed by atoms with Gasteiger partial charge in [-0.3, -0.25) is 5.32 Å². The third-order valence-electron chi connectivity index (χ3n) is 6.97. The summed E-state index contributed by atoms with van der Waals surface area (Å²) in [5, 5.41) is 13.7. The molecule has 34 heavy (non-hydrogen) atoms. The van der Waals surface area contributed by atoms with Crippen LogP contribution in [0.2, 0.25) is 0 Å². The average molecular weight is 483 g/mol. The van der Waals surface area contributed by atoms with Gasteiger partial charge < -0.3 is 24.4 Å². The summed E-state index contributed by atoms with van der Waals surface area (Å²) in [5.74, 6) is 0.692. The second-order valence-corrected chi connectivity index (χ2v) is 9.80. The number of aliphatic hydroxyl groups excluding tert-OH is 1. The number of rotatable bonds is 5. The number of nitrogens with one attached hydrogen (secondary N) is 1. The molecular weight excluding hydrogens is 452 g/mol. The molecular formula is C25H30N4O4S. The number of fused-ring (bicyclic) bond motifs is 1. The van der Waals surface area contributed by atoms with Crippen LogP contribution in [0.3, 0.4) is 0 Å². The number of hydrogen-bond acceptors (Lipinski definition) is 7. The molecule has 0 bridgehead atoms. The minimum atomic E-state index is -0.297. The molecule has 5 rings (SSSR count). The van der Waals surface area contributed by atoms with Gasteiger partial charge in [-0.05, 0) is 30.5 Å². The Kier molecular flexibility index (Phi) is 6.58. The molecule has 0 unspecified atom stereocenters. The molecule has 2 N–H and O–H groups in total. The molecule has 180 valence electrons. The average Bonchev–Trinajstić information content (AvgIpc) is 3.32. The lowest BCUT2D eigenvalue weighted by atomic mass is 9.73. The first-order valence-electron chi connectivity index (χ1n) is 11.7. The number of carbonyl (C=O) groups is 1. The normalized spacial score (nSPS) is 18.2. The van der Waals surface area contributed by atoms with Crippen LogP contribution < -0.4 is 15.0 Å². The van der Waals surface area contributed by atoms with Gasteiger partial charge in [0.1, 0.15) is 11.3 Å². The number of carbonyl (C=O) groups excluding carboxylic acids is 1. The zero-order valence-corrected chi connectivity index (χ0v) is 20.1. The lowest BCUT2D eigenvalue weighted by Crippen LogP contribution is -2.48. The molecule has 2 amide bonds. The largest absolute Gasteiger partial charge is 0.494 e. The van der Waals surface area contributed by atoms with E-state index in [-0.39, 0.29) is 18.1 Å². The van der Waals surface area contributed by atoms with Crippen LogP contribution in [0.1, 0.15) is 18.4 Å². The van der Waals surface area contributed by atoms with Gasteiger partial charge >= 0.3 is 6.03 Å². The number of nitrogens with zero attached hydrogens (tertiary/aromatic N) is 3. The molecule has 9 heteroatoms. The van der Waals surface area contributed by atoms with E-state index in [9.17, 15) is 9.90 Å². The Morgan fingerprint density at radius 3 is 2.56 bits per heavy atom. The van der Waals surface area contributed by atoms with Crippen molar-refractivity contribution in [2.45, 2.75) is 18.3 Å². The summed E-state index contributed by atoms with van der Waals surface area (Å²) in [6, 6.07) is 13.9. The number of aliphatic hydroxyl groups is 1. The Bertz CT molecular complexity index is 1140. The lowest BCUT2D eigenvalue weighted by molar-refractivity contribution is 0.115. The van der Waals surface area contributed by atoms with Crippen molar-refractivity contribution in [3.8, 4) is 5.75 Å². The van der Waals surface area contributed by atoms with Crippen LogP contribution >= 0.6 is 11.3 Å². The van der Waals surface area contributed by atoms with E-state index in [1.165, 1.54) is 11.3 Å². The molecule has 3 heterocycles. The quantitative estimate of drug-likeness (QED) is 0.577. The van der Waals surface area contributed by atoms with Crippen LogP contribution in [0.15, 0.2) is 42.5 Å². The van der Waals surface area contributed by atoms with Gasteiger partial charge in [0.2, 0.25) is 0 Å². The number of piperidine rings is 1. The third-order valence-corrected chi connectivity index (χ3v) is 7.96. The first-order valence-corrected chi connectivity index (χ1v) is 12.5. The third kappa shape index (κ3) is 4.31. The smallest absolute Gasteiger partial charge is 0.323 e. The Balaban J connectivity index is 1.32. The number of benzene rings is 2. The monoisotopic (exact) mass is 482 g/mol. The van der Waals surface area contributed by atoms with E-state index in [1.807, 2.05) is 29.2 Å². The van der Waals surface area contributed by atoms with Crippen LogP contribution in [0.25, 0.3) is 10.2 Å². The number of methoxy groups -OCH3 is 1. The summed E-state index contributed by atoms with van der Waals surface area (Å²) in [5.41, 5.74) is 2.68. The summed E-state index contributed by atoms with van der Waals surface area (Å²) in [7, 11) is 1.63. The maximum atomic E-state index is 13.1. The number of likely N-dealkylation sites (tertiary alicyclic amines) is 1. The minimum absolute atomic E-state index is 0.0778. The van der Waals surface area contributed by atoms with Crippen molar-refractivity contribution in [1.82, 2.24) is 9.88 Å². The first-order chi connectivity index (χ1) is 16.6. The van der Waals surface area contributed by atoms with E-state index < -0.39 is 0 Å². The van der Waals surface area contributed by atoms with Gasteiger partial charge in [0.25, 0.3) is 0 Å². The molecule has 8 nitrogen and oxygen atoms in total. The van der Waals surface area contributed by atoms with E-state index in [1.54, 1.807) is 7.11 Å². The summed E-state index contributed by atoms with van der Waals surface area (Å²) in [6.07, 6.45) is 1.44. The fourth-order valence-electron chi connectivity index (χ4n) is 4.88. The van der Waals surface area contributed by atoms with Crippen molar-refractivity contribution >= 4 is 38.4 Å². The SMILES string of the molecule is COc1ccc(N2CCOCC2)c2sc(NC(=O)N3CCC(CO)(c4ccccc4)CC3)nc12. The van der Waals surface area contributed by atoms with E-state index in [2.05, 4.69) is 28.4 Å². The second-order valence-electron chi connectivity index (χ2n) is 8.80. The standard InChI is InChI=1S/C25H30N4O4S/c1-32-20-8-7-19(28-13-15-33-16-14-28)22-21(20)26-23(34-22)27-24(31)29-11-9-25(17-30,10-12-29)18-5-3-2-4-6-18/h2-8,30H,9-17H2,1H3,(H,26,27,31). The van der Waals surface area contributed by atoms with Crippen molar-refractivity contribution in [2.24, 2.45) is 0 Å². The Labute approximate surface area is 203 Å². The molecule has 2 aromatic carbocycles. The van der Waals surface area contributed by atoms with Crippen molar-refractivity contribution in [1.29, 1.82) is 0 Å². The maximum Gasteiger partial charge on any atom is 0.323 e. The summed E-state index contributed by atoms with van der Waals surface area (Å²) < 4.78 is 12.0. The highest BCUT2D eigenvalue weighted by molar-refractivity contribution is 7.23. The highest BCUT2D eigenvalue weighted by Gasteiger charge is 2.37. The second kappa shape index (κ2) is 9.77. The zero-order valence-electron chi connectivity index (χ0n) is 19.3. The number of ether oxygens (including phenoxy) is 2. The van der Waals surface area contributed by atoms with Gasteiger partial charge in [-0.15, -0.1) is 0 Å². The Morgan fingerprint density at radius 2 is 1.88 bits per heavy atom. The van der Waals surface area contributed by atoms with E-state index in [0.717, 1.165) is 47.4 Å². The topological polar surface area (TPSA) is 87.2 Å². The maximum absolute atomic E-state index is 13.1. The van der Waals surface area contributed by atoms with Crippen LogP contribution in [0, 0.1) is 0 Å². The van der Waals surface area contributed by atoms with Crippen LogP contribution in [-0.2, 0) is 10.2 Å². The lowest BCUT2D eigenvalue weighted by Gasteiger charge is -2.41. The van der Waals surface area contributed by atoms with E-state index >= 15 is 0 Å². The number of hydrogen-bond donors (Lipinski definition) is 2. The molecule has 0 atom stereocenters. The van der Waals surface area contributed by atoms with Crippen molar-refractivity contribution in [3.63, 3.8) is 0 Å². The molecule has 2 aliphatic rings. The number of amides is 2. The fourth-order valence-corrected chi connectivity index (χ4v) is 5.89. The molecule has 2 fully saturated rings. The molecule has 1 aromatic heterocycles. The highest BCUT2D eigenvalue weighted by atomic mass is 32.1. The predicted octanol–water partition coefficient (Wildman–Crippen LogP) is 3.70. The van der Waals surface area contributed by atoms with Crippen LogP contribution in [0.4, 0.5) is 15.6 Å². The Morgan fingerprint density at radius 1 is 1.15 bits per heavy atom. The van der Waals surface area contributed by atoms with Gasteiger partial charge in [0, 0.05) is 31.6 Å². The van der Waals surface area contributed by atoms with Crippen molar-refractivity contribution in [3.05, 3.63) is 48.0 Å². The first kappa shape index (κ1) is 22.9. The summed E-state index contributed by atoms with van der Waals surface area (Å²) >= 11 is 1.47. The zero-order chi connectivity index (χ0) is 23.5. The molecule has 0 radical (unpaired) electrons. The van der Waals surface area contributed by atoms with E-state index in [0.29, 0.717) is 37.2 Å². The minimum Gasteiger partial charge on any atom is -0.494 e. The van der Waals surface area contributed by atoms with E-state index in [4.69, 9.17) is 14.5 Å². The van der Waals surface area contributed by atoms with Crippen LogP contribution in [0.5, 0.6) is 5.75 Å². The molecule has 3 aromatic rings. The van der Waals surface area contributed by atoms with Crippen molar-refractivity contribution < 1.29 is 19.4 Å². The Hall–Kier alpha value is -2.88. The van der Waals surface area contributed by atoms with Gasteiger partial charge in [-0.2, -0.15) is 0 Å². The van der Waals surface area contributed by atoms with Gasteiger partial charge in [-0.1, -0.05) is 41.7 Å². The van der Waals surface area contributed by atoms with Gasteiger partial charge in [0.15, 0.2) is 5.13 Å². The summed E-state index contributed by atoms with van der Waals surface area (Å²) in [4.78, 5) is 21.9. The molecule has 2 aliphatic heterocycles. The molecule has 2 saturated heterocycles. The number of anilines is 2. The van der Waals surface area contributed by atoms with Crippen LogP contribution in [-0.4, -0.2) is 74.1 Å². The molecule has 0 spiro atoms. The molecule has 0 saturated carbocycles.